The summed E-state index contributed by atoms with van der Waals surface area (Å²) < 4.78 is 1.98. The fourth-order valence-electron chi connectivity index (χ4n) is 2.98. The van der Waals surface area contributed by atoms with Crippen LogP contribution in [0, 0.1) is 6.92 Å². The van der Waals surface area contributed by atoms with E-state index in [1.54, 1.807) is 0 Å². The van der Waals surface area contributed by atoms with Crippen LogP contribution in [0.15, 0.2) is 35.3 Å². The van der Waals surface area contributed by atoms with Crippen LogP contribution in [0.25, 0.3) is 0 Å². The minimum Gasteiger partial charge on any atom is -0.356 e. The molecule has 0 saturated heterocycles. The van der Waals surface area contributed by atoms with Gasteiger partial charge in [0, 0.05) is 32.7 Å². The van der Waals surface area contributed by atoms with Crippen molar-refractivity contribution in [3.63, 3.8) is 0 Å². The highest BCUT2D eigenvalue weighted by Crippen LogP contribution is 2.08. The number of halogens is 1. The summed E-state index contributed by atoms with van der Waals surface area (Å²) in [6.07, 6.45) is 4.29. The number of hydrogen-bond acceptors (Lipinski definition) is 5. The Labute approximate surface area is 208 Å². The summed E-state index contributed by atoms with van der Waals surface area (Å²) in [5, 5.41) is 15.3. The van der Waals surface area contributed by atoms with Gasteiger partial charge in [-0.15, -0.1) is 34.2 Å². The van der Waals surface area contributed by atoms with Crippen LogP contribution in [0.2, 0.25) is 0 Å². The number of aliphatic imine (C=N–C) groups is 1. The predicted octanol–water partition coefficient (Wildman–Crippen LogP) is 3.44. The maximum absolute atomic E-state index is 4.73. The van der Waals surface area contributed by atoms with E-state index in [1.165, 1.54) is 5.56 Å². The minimum atomic E-state index is 0. The monoisotopic (exact) mass is 559 g/mol. The van der Waals surface area contributed by atoms with Crippen LogP contribution in [0.3, 0.4) is 0 Å². The van der Waals surface area contributed by atoms with Gasteiger partial charge in [0.1, 0.15) is 12.4 Å². The molecule has 0 aliphatic carbocycles. The Morgan fingerprint density at radius 1 is 1.19 bits per heavy atom. The molecule has 0 radical (unpaired) electrons. The normalized spacial score (nSPS) is 12.5. The molecule has 1 atom stereocenters. The van der Waals surface area contributed by atoms with Crippen LogP contribution in [0.4, 0.5) is 0 Å². The average molecular weight is 560 g/mol. The van der Waals surface area contributed by atoms with E-state index in [2.05, 4.69) is 76.3 Å². The van der Waals surface area contributed by atoms with Gasteiger partial charge in [0.05, 0.1) is 0 Å². The molecule has 2 aromatic rings. The minimum absolute atomic E-state index is 0. The standard InChI is InChI=1S/C22H37N7S.HI/c1-18(28(3)17-20-10-7-6-8-11-20)12-14-24-22(23-13-9-15-30-5)25-16-21-27-26-19(2)29(21)4;/h6-8,10-11,18H,9,12-17H2,1-5H3,(H2,23,24,25);1H. The molecule has 1 unspecified atom stereocenters. The van der Waals surface area contributed by atoms with Gasteiger partial charge in [-0.05, 0) is 51.3 Å². The van der Waals surface area contributed by atoms with Crippen molar-refractivity contribution >= 4 is 41.7 Å². The number of nitrogens with one attached hydrogen (secondary N) is 2. The van der Waals surface area contributed by atoms with Crippen molar-refractivity contribution in [2.75, 3.05) is 32.1 Å². The number of guanidine groups is 1. The number of thioether (sulfide) groups is 1. The maximum atomic E-state index is 4.73. The van der Waals surface area contributed by atoms with Gasteiger partial charge in [-0.3, -0.25) is 4.90 Å². The van der Waals surface area contributed by atoms with Crippen LogP contribution in [0.5, 0.6) is 0 Å². The van der Waals surface area contributed by atoms with E-state index in [0.717, 1.165) is 55.8 Å². The molecule has 2 rings (SSSR count). The van der Waals surface area contributed by atoms with Crippen LogP contribution in [-0.2, 0) is 20.1 Å². The highest BCUT2D eigenvalue weighted by atomic mass is 127. The molecule has 31 heavy (non-hydrogen) atoms. The predicted molar refractivity (Wildman–Crippen MR) is 143 cm³/mol. The smallest absolute Gasteiger partial charge is 0.191 e. The van der Waals surface area contributed by atoms with Gasteiger partial charge in [-0.25, -0.2) is 4.99 Å². The van der Waals surface area contributed by atoms with E-state index in [4.69, 9.17) is 4.99 Å². The first-order chi connectivity index (χ1) is 14.5. The van der Waals surface area contributed by atoms with Crippen molar-refractivity contribution in [3.8, 4) is 0 Å². The van der Waals surface area contributed by atoms with Crippen molar-refractivity contribution in [2.24, 2.45) is 12.0 Å². The van der Waals surface area contributed by atoms with Crippen molar-refractivity contribution in [1.82, 2.24) is 30.3 Å². The summed E-state index contributed by atoms with van der Waals surface area (Å²) in [7, 11) is 4.16. The first-order valence-electron chi connectivity index (χ1n) is 10.6. The Morgan fingerprint density at radius 3 is 2.55 bits per heavy atom. The van der Waals surface area contributed by atoms with Gasteiger partial charge in [0.25, 0.3) is 0 Å². The highest BCUT2D eigenvalue weighted by Gasteiger charge is 2.10. The molecule has 1 heterocycles. The van der Waals surface area contributed by atoms with E-state index in [-0.39, 0.29) is 24.0 Å². The lowest BCUT2D eigenvalue weighted by molar-refractivity contribution is 0.238. The molecule has 0 aliphatic rings. The summed E-state index contributed by atoms with van der Waals surface area (Å²) in [5.41, 5.74) is 1.34. The third-order valence-corrected chi connectivity index (χ3v) is 5.96. The van der Waals surface area contributed by atoms with Gasteiger partial charge >= 0.3 is 0 Å². The van der Waals surface area contributed by atoms with Crippen LogP contribution in [-0.4, -0.2) is 63.8 Å². The van der Waals surface area contributed by atoms with Gasteiger partial charge < -0.3 is 15.2 Å². The average Bonchev–Trinajstić information content (AvgIpc) is 3.07. The second-order valence-electron chi connectivity index (χ2n) is 7.63. The van der Waals surface area contributed by atoms with Gasteiger partial charge in [-0.2, -0.15) is 11.8 Å². The summed E-state index contributed by atoms with van der Waals surface area (Å²) >= 11 is 1.87. The summed E-state index contributed by atoms with van der Waals surface area (Å²) in [4.78, 5) is 7.12. The van der Waals surface area contributed by atoms with Crippen LogP contribution < -0.4 is 10.6 Å². The number of nitrogens with zero attached hydrogens (tertiary/aromatic N) is 5. The van der Waals surface area contributed by atoms with Gasteiger partial charge in [0.2, 0.25) is 0 Å². The first-order valence-corrected chi connectivity index (χ1v) is 12.0. The summed E-state index contributed by atoms with van der Waals surface area (Å²) in [6, 6.07) is 11.1. The molecule has 0 spiro atoms. The van der Waals surface area contributed by atoms with E-state index in [1.807, 2.05) is 30.3 Å². The second-order valence-corrected chi connectivity index (χ2v) is 8.61. The van der Waals surface area contributed by atoms with Crippen LogP contribution in [0.1, 0.15) is 37.0 Å². The lowest BCUT2D eigenvalue weighted by Gasteiger charge is -2.25. The lowest BCUT2D eigenvalue weighted by Crippen LogP contribution is -2.40. The third kappa shape index (κ3) is 10.2. The molecule has 0 saturated carbocycles. The van der Waals surface area contributed by atoms with Crippen molar-refractivity contribution in [2.45, 2.75) is 45.8 Å². The summed E-state index contributed by atoms with van der Waals surface area (Å²) in [6.45, 7) is 7.48. The Bertz CT molecular complexity index is 766. The van der Waals surface area contributed by atoms with Crippen molar-refractivity contribution < 1.29 is 0 Å². The Hall–Kier alpha value is -1.33. The van der Waals surface area contributed by atoms with E-state index in [9.17, 15) is 0 Å². The molecule has 2 N–H and O–H groups in total. The molecule has 0 aliphatic heterocycles. The fraction of sp³-hybridized carbons (Fsp3) is 0.591. The zero-order valence-electron chi connectivity index (χ0n) is 19.5. The van der Waals surface area contributed by atoms with Crippen LogP contribution >= 0.6 is 35.7 Å². The fourth-order valence-corrected chi connectivity index (χ4v) is 3.42. The molecular weight excluding hydrogens is 521 g/mol. The number of aryl methyl sites for hydroxylation is 1. The topological polar surface area (TPSA) is 70.4 Å². The summed E-state index contributed by atoms with van der Waals surface area (Å²) in [5.74, 6) is 3.76. The van der Waals surface area contributed by atoms with E-state index in [0.29, 0.717) is 12.6 Å². The quantitative estimate of drug-likeness (QED) is 0.180. The van der Waals surface area contributed by atoms with Gasteiger partial charge in [-0.1, -0.05) is 30.3 Å². The second kappa shape index (κ2) is 15.5. The molecule has 9 heteroatoms. The Kier molecular flexibility index (Phi) is 13.8. The Balaban J connectivity index is 0.00000480. The molecule has 1 aromatic carbocycles. The van der Waals surface area contributed by atoms with Gasteiger partial charge in [0.15, 0.2) is 11.8 Å². The molecular formula is C22H38IN7S. The Morgan fingerprint density at radius 2 is 1.90 bits per heavy atom. The van der Waals surface area contributed by atoms with E-state index >= 15 is 0 Å². The molecule has 7 nitrogen and oxygen atoms in total. The molecule has 0 amide bonds. The SMILES string of the molecule is CSCCCNC(=NCc1nnc(C)n1C)NCCC(C)N(C)Cc1ccccc1.I. The number of aromatic nitrogens is 3. The zero-order chi connectivity index (χ0) is 21.8. The van der Waals surface area contributed by atoms with Crippen molar-refractivity contribution in [1.29, 1.82) is 0 Å². The highest BCUT2D eigenvalue weighted by molar-refractivity contribution is 14.0. The van der Waals surface area contributed by atoms with E-state index < -0.39 is 0 Å². The first kappa shape index (κ1) is 27.7. The molecule has 0 fully saturated rings. The molecule has 1 aromatic heterocycles. The van der Waals surface area contributed by atoms with Crippen molar-refractivity contribution in [3.05, 3.63) is 47.5 Å². The third-order valence-electron chi connectivity index (χ3n) is 5.26. The largest absolute Gasteiger partial charge is 0.356 e. The number of rotatable bonds is 12. The number of hydrogen-bond donors (Lipinski definition) is 2. The maximum Gasteiger partial charge on any atom is 0.191 e. The lowest BCUT2D eigenvalue weighted by atomic mass is 10.1. The molecule has 174 valence electrons. The number of benzene rings is 1. The molecule has 0 bridgehead atoms. The zero-order valence-corrected chi connectivity index (χ0v) is 22.6.